The second-order valence-corrected chi connectivity index (χ2v) is 8.83. The molecule has 0 radical (unpaired) electrons. The first-order chi connectivity index (χ1) is 14.6. The van der Waals surface area contributed by atoms with Crippen LogP contribution in [-0.4, -0.2) is 47.2 Å². The highest BCUT2D eigenvalue weighted by Crippen LogP contribution is 2.19. The summed E-state index contributed by atoms with van der Waals surface area (Å²) < 4.78 is 0. The lowest BCUT2D eigenvalue weighted by Gasteiger charge is -2.35. The third-order valence-corrected chi connectivity index (χ3v) is 6.24. The number of hydrogen-bond donors (Lipinski definition) is 1. The lowest BCUT2D eigenvalue weighted by atomic mass is 10.1. The maximum absolute atomic E-state index is 12.4. The number of anilines is 1. The first kappa shape index (κ1) is 20.5. The second-order valence-electron chi connectivity index (χ2n) is 7.77. The molecule has 6 nitrogen and oxygen atoms in total. The van der Waals surface area contributed by atoms with Crippen molar-refractivity contribution in [3.05, 3.63) is 75.2 Å². The van der Waals surface area contributed by atoms with Crippen LogP contribution in [0, 0.1) is 13.8 Å². The molecule has 1 amide bonds. The highest BCUT2D eigenvalue weighted by Gasteiger charge is 2.20. The smallest absolute Gasteiger partial charge is 0.282 e. The van der Waals surface area contributed by atoms with Gasteiger partial charge in [0.2, 0.25) is 5.01 Å². The molecule has 1 aliphatic heterocycles. The molecule has 1 aliphatic rings. The Morgan fingerprint density at radius 3 is 2.50 bits per heavy atom. The Kier molecular flexibility index (Phi) is 6.40. The Morgan fingerprint density at radius 1 is 1.00 bits per heavy atom. The van der Waals surface area contributed by atoms with E-state index >= 15 is 0 Å². The zero-order chi connectivity index (χ0) is 20.9. The molecule has 30 heavy (non-hydrogen) atoms. The van der Waals surface area contributed by atoms with Gasteiger partial charge in [0.1, 0.15) is 5.01 Å². The topological polar surface area (TPSA) is 61.4 Å². The molecule has 0 aliphatic carbocycles. The van der Waals surface area contributed by atoms with Gasteiger partial charge in [-0.15, -0.1) is 10.2 Å². The van der Waals surface area contributed by atoms with Crippen molar-refractivity contribution in [1.82, 2.24) is 20.4 Å². The molecule has 156 valence electrons. The van der Waals surface area contributed by atoms with Gasteiger partial charge in [0.25, 0.3) is 5.91 Å². The van der Waals surface area contributed by atoms with Crippen molar-refractivity contribution >= 4 is 22.9 Å². The number of benzene rings is 2. The number of nitrogens with one attached hydrogen (secondary N) is 1. The maximum Gasteiger partial charge on any atom is 0.282 e. The number of amides is 1. The lowest BCUT2D eigenvalue weighted by Crippen LogP contribution is -2.45. The zero-order valence-corrected chi connectivity index (χ0v) is 18.3. The summed E-state index contributed by atoms with van der Waals surface area (Å²) in [5, 5.41) is 12.6. The van der Waals surface area contributed by atoms with E-state index in [1.165, 1.54) is 28.2 Å². The standard InChI is InChI=1S/C23H27N5OS/c1-17-6-8-19(9-7-17)15-24-22(29)23-26-25-21(30-23)16-27-10-12-28(13-11-27)20-5-3-4-18(2)14-20/h3-9,14H,10-13,15-16H2,1-2H3,(H,24,29). The molecule has 2 aromatic carbocycles. The molecule has 1 saturated heterocycles. The van der Waals surface area contributed by atoms with Gasteiger partial charge in [0, 0.05) is 38.4 Å². The van der Waals surface area contributed by atoms with Crippen LogP contribution in [0.1, 0.15) is 31.5 Å². The first-order valence-corrected chi connectivity index (χ1v) is 11.1. The van der Waals surface area contributed by atoms with Crippen LogP contribution in [-0.2, 0) is 13.1 Å². The molecule has 0 bridgehead atoms. The second kappa shape index (κ2) is 9.36. The molecule has 1 fully saturated rings. The molecule has 4 rings (SSSR count). The number of aromatic nitrogens is 2. The molecular formula is C23H27N5OS. The van der Waals surface area contributed by atoms with E-state index in [0.29, 0.717) is 11.6 Å². The Hall–Kier alpha value is -2.77. The van der Waals surface area contributed by atoms with Crippen molar-refractivity contribution in [3.8, 4) is 0 Å². The predicted molar refractivity (Wildman–Crippen MR) is 121 cm³/mol. The van der Waals surface area contributed by atoms with Crippen LogP contribution < -0.4 is 10.2 Å². The van der Waals surface area contributed by atoms with Crippen molar-refractivity contribution < 1.29 is 4.79 Å². The van der Waals surface area contributed by atoms with Crippen molar-refractivity contribution in [2.45, 2.75) is 26.9 Å². The molecule has 0 saturated carbocycles. The quantitative estimate of drug-likeness (QED) is 0.661. The summed E-state index contributed by atoms with van der Waals surface area (Å²) in [5.41, 5.74) is 4.86. The maximum atomic E-state index is 12.4. The van der Waals surface area contributed by atoms with E-state index in [9.17, 15) is 4.79 Å². The van der Waals surface area contributed by atoms with Crippen LogP contribution in [0.3, 0.4) is 0 Å². The molecule has 2 heterocycles. The number of nitrogens with zero attached hydrogens (tertiary/aromatic N) is 4. The van der Waals surface area contributed by atoms with Gasteiger partial charge in [-0.2, -0.15) is 0 Å². The van der Waals surface area contributed by atoms with E-state index in [4.69, 9.17) is 0 Å². The minimum absolute atomic E-state index is 0.163. The van der Waals surface area contributed by atoms with E-state index in [1.54, 1.807) is 0 Å². The molecule has 1 aromatic heterocycles. The summed E-state index contributed by atoms with van der Waals surface area (Å²) in [4.78, 5) is 17.2. The molecule has 7 heteroatoms. The largest absolute Gasteiger partial charge is 0.369 e. The third kappa shape index (κ3) is 5.23. The van der Waals surface area contributed by atoms with Crippen LogP contribution in [0.2, 0.25) is 0 Å². The van der Waals surface area contributed by atoms with E-state index in [-0.39, 0.29) is 5.91 Å². The predicted octanol–water partition coefficient (Wildman–Crippen LogP) is 3.41. The van der Waals surface area contributed by atoms with Crippen LogP contribution in [0.15, 0.2) is 48.5 Å². The van der Waals surface area contributed by atoms with Gasteiger partial charge in [0.05, 0.1) is 6.54 Å². The minimum atomic E-state index is -0.163. The Morgan fingerprint density at radius 2 is 1.77 bits per heavy atom. The summed E-state index contributed by atoms with van der Waals surface area (Å²) in [6.07, 6.45) is 0. The van der Waals surface area contributed by atoms with Crippen molar-refractivity contribution in [2.24, 2.45) is 0 Å². The SMILES string of the molecule is Cc1ccc(CNC(=O)c2nnc(CN3CCN(c4cccc(C)c4)CC3)s2)cc1. The highest BCUT2D eigenvalue weighted by molar-refractivity contribution is 7.13. The summed E-state index contributed by atoms with van der Waals surface area (Å²) >= 11 is 1.38. The number of carbonyl (C=O) groups excluding carboxylic acids is 1. The number of aryl methyl sites for hydroxylation is 2. The number of carbonyl (C=O) groups is 1. The van der Waals surface area contributed by atoms with Crippen LogP contribution in [0.25, 0.3) is 0 Å². The zero-order valence-electron chi connectivity index (χ0n) is 17.5. The highest BCUT2D eigenvalue weighted by atomic mass is 32.1. The average Bonchev–Trinajstić information content (AvgIpc) is 3.22. The lowest BCUT2D eigenvalue weighted by molar-refractivity contribution is 0.0950. The summed E-state index contributed by atoms with van der Waals surface area (Å²) in [5.74, 6) is -0.163. The van der Waals surface area contributed by atoms with Crippen LogP contribution in [0.4, 0.5) is 5.69 Å². The van der Waals surface area contributed by atoms with Crippen LogP contribution >= 0.6 is 11.3 Å². The minimum Gasteiger partial charge on any atom is -0.369 e. The average molecular weight is 422 g/mol. The van der Waals surface area contributed by atoms with Gasteiger partial charge in [0.15, 0.2) is 0 Å². The van der Waals surface area contributed by atoms with E-state index in [0.717, 1.165) is 43.3 Å². The van der Waals surface area contributed by atoms with Crippen molar-refractivity contribution in [3.63, 3.8) is 0 Å². The Balaban J connectivity index is 1.26. The van der Waals surface area contributed by atoms with Crippen molar-refractivity contribution in [1.29, 1.82) is 0 Å². The monoisotopic (exact) mass is 421 g/mol. The third-order valence-electron chi connectivity index (χ3n) is 5.33. The molecule has 0 atom stereocenters. The van der Waals surface area contributed by atoms with Gasteiger partial charge in [-0.05, 0) is 37.1 Å². The molecule has 0 unspecified atom stereocenters. The fraction of sp³-hybridized carbons (Fsp3) is 0.348. The van der Waals surface area contributed by atoms with Gasteiger partial charge in [-0.1, -0.05) is 53.3 Å². The normalized spacial score (nSPS) is 14.7. The van der Waals surface area contributed by atoms with Gasteiger partial charge in [-0.3, -0.25) is 9.69 Å². The fourth-order valence-electron chi connectivity index (χ4n) is 3.55. The first-order valence-electron chi connectivity index (χ1n) is 10.3. The summed E-state index contributed by atoms with van der Waals surface area (Å²) in [6, 6.07) is 16.8. The number of piperazine rings is 1. The molecule has 1 N–H and O–H groups in total. The van der Waals surface area contributed by atoms with Crippen molar-refractivity contribution in [2.75, 3.05) is 31.1 Å². The van der Waals surface area contributed by atoms with Gasteiger partial charge < -0.3 is 10.2 Å². The van der Waals surface area contributed by atoms with E-state index in [1.807, 2.05) is 31.2 Å². The Bertz CT molecular complexity index is 993. The summed E-state index contributed by atoms with van der Waals surface area (Å²) in [6.45, 7) is 9.35. The molecule has 0 spiro atoms. The van der Waals surface area contributed by atoms with Gasteiger partial charge >= 0.3 is 0 Å². The van der Waals surface area contributed by atoms with Gasteiger partial charge in [-0.25, -0.2) is 0 Å². The number of hydrogen-bond acceptors (Lipinski definition) is 6. The van der Waals surface area contributed by atoms with E-state index in [2.05, 4.69) is 56.5 Å². The van der Waals surface area contributed by atoms with E-state index < -0.39 is 0 Å². The fourth-order valence-corrected chi connectivity index (χ4v) is 4.35. The molecular weight excluding hydrogens is 394 g/mol. The number of rotatable bonds is 6. The van der Waals surface area contributed by atoms with Crippen LogP contribution in [0.5, 0.6) is 0 Å². The summed E-state index contributed by atoms with van der Waals surface area (Å²) in [7, 11) is 0. The molecule has 3 aromatic rings. The Labute approximate surface area is 181 Å².